The van der Waals surface area contributed by atoms with Crippen LogP contribution in [0.5, 0.6) is 0 Å². The molecule has 1 saturated heterocycles. The van der Waals surface area contributed by atoms with Crippen molar-refractivity contribution in [2.45, 2.75) is 58.5 Å². The molecule has 6 nitrogen and oxygen atoms in total. The van der Waals surface area contributed by atoms with Crippen LogP contribution in [-0.4, -0.2) is 38.0 Å². The molecule has 11 heteroatoms. The van der Waals surface area contributed by atoms with Gasteiger partial charge < -0.3 is 4.90 Å². The van der Waals surface area contributed by atoms with Crippen LogP contribution in [0.15, 0.2) is 30.3 Å². The van der Waals surface area contributed by atoms with Gasteiger partial charge in [0.25, 0.3) is 0 Å². The molecule has 0 spiro atoms. The first-order valence-electron chi connectivity index (χ1n) is 12.0. The number of carbonyl (C=O) groups excluding carboxylic acids is 1. The molecule has 0 aliphatic carbocycles. The van der Waals surface area contributed by atoms with Crippen LogP contribution in [0.3, 0.4) is 0 Å². The van der Waals surface area contributed by atoms with Crippen molar-refractivity contribution >= 4 is 27.3 Å². The zero-order chi connectivity index (χ0) is 26.7. The maximum atomic E-state index is 14.5. The highest BCUT2D eigenvalue weighted by Gasteiger charge is 2.34. The number of carbonyl (C=O) groups is 1. The third kappa shape index (κ3) is 6.96. The monoisotopic (exact) mass is 529 g/mol. The largest absolute Gasteiger partial charge is 0.433 e. The second kappa shape index (κ2) is 11.1. The van der Waals surface area contributed by atoms with Gasteiger partial charge in [0, 0.05) is 25.4 Å². The van der Waals surface area contributed by atoms with Crippen molar-refractivity contribution in [1.29, 1.82) is 0 Å². The molecule has 0 amide bonds. The number of Topliss-reactive ketones (excluding diaryl/α,β-unsaturated/α-hetero) is 1. The van der Waals surface area contributed by atoms with E-state index >= 15 is 0 Å². The van der Waals surface area contributed by atoms with Crippen molar-refractivity contribution in [3.8, 4) is 0 Å². The van der Waals surface area contributed by atoms with Gasteiger partial charge in [0.1, 0.15) is 23.1 Å². The Kier molecular flexibility index (Phi) is 8.63. The minimum atomic E-state index is -4.57. The number of alkyl halides is 3. The lowest BCUT2D eigenvalue weighted by Crippen LogP contribution is -2.34. The van der Waals surface area contributed by atoms with Crippen LogP contribution in [0.2, 0.25) is 0 Å². The summed E-state index contributed by atoms with van der Waals surface area (Å²) in [5.74, 6) is -1.15. The summed E-state index contributed by atoms with van der Waals surface area (Å²) in [6.45, 7) is 6.34. The Morgan fingerprint density at radius 2 is 1.86 bits per heavy atom. The highest BCUT2D eigenvalue weighted by atomic mass is 32.2. The Morgan fingerprint density at radius 3 is 2.44 bits per heavy atom. The molecule has 2 aromatic rings. The number of hydrogen-bond donors (Lipinski definition) is 1. The van der Waals surface area contributed by atoms with Crippen molar-refractivity contribution in [3.05, 3.63) is 53.0 Å². The number of pyridine rings is 1. The van der Waals surface area contributed by atoms with E-state index in [1.165, 1.54) is 25.1 Å². The lowest BCUT2D eigenvalue weighted by atomic mass is 9.92. The molecule has 3 rings (SSSR count). The average Bonchev–Trinajstić information content (AvgIpc) is 2.83. The Labute approximate surface area is 209 Å². The third-order valence-electron chi connectivity index (χ3n) is 6.59. The van der Waals surface area contributed by atoms with Gasteiger partial charge in [-0.2, -0.15) is 13.2 Å². The first kappa shape index (κ1) is 27.9. The molecule has 1 aromatic carbocycles. The Hall–Kier alpha value is -2.69. The smallest absolute Gasteiger partial charge is 0.356 e. The second-order valence-corrected chi connectivity index (χ2v) is 11.3. The fraction of sp³-hybridized carbons (Fsp3) is 0.520. The first-order valence-corrected chi connectivity index (χ1v) is 13.6. The lowest BCUT2D eigenvalue weighted by Gasteiger charge is -2.33. The number of sulfonamides is 1. The molecular formula is C25H31F4N3O3S. The Balaban J connectivity index is 1.75. The summed E-state index contributed by atoms with van der Waals surface area (Å²) < 4.78 is 79.9. The number of halogens is 4. The van der Waals surface area contributed by atoms with E-state index in [2.05, 4.69) is 16.6 Å². The number of nitrogens with zero attached hydrogens (tertiary/aromatic N) is 2. The molecule has 1 atom stereocenters. The van der Waals surface area contributed by atoms with E-state index in [0.717, 1.165) is 25.0 Å². The third-order valence-corrected chi connectivity index (χ3v) is 7.88. The van der Waals surface area contributed by atoms with Gasteiger partial charge in [0.05, 0.1) is 11.4 Å². The van der Waals surface area contributed by atoms with Gasteiger partial charge in [-0.3, -0.25) is 9.52 Å². The molecule has 1 N–H and O–H groups in total. The molecule has 1 fully saturated rings. The van der Waals surface area contributed by atoms with Gasteiger partial charge in [-0.1, -0.05) is 26.0 Å². The molecule has 1 unspecified atom stereocenters. The van der Waals surface area contributed by atoms with E-state index in [1.807, 2.05) is 4.90 Å². The number of aryl methyl sites for hydroxylation is 1. The van der Waals surface area contributed by atoms with Crippen LogP contribution in [0.1, 0.15) is 62.8 Å². The molecule has 1 aromatic heterocycles. The number of ketones is 1. The zero-order valence-corrected chi connectivity index (χ0v) is 21.3. The predicted octanol–water partition coefficient (Wildman–Crippen LogP) is 5.54. The quantitative estimate of drug-likeness (QED) is 0.432. The van der Waals surface area contributed by atoms with Crippen LogP contribution in [0.4, 0.5) is 29.1 Å². The van der Waals surface area contributed by atoms with E-state index in [4.69, 9.17) is 0 Å². The average molecular weight is 530 g/mol. The SMILES string of the molecule is CCS(=O)(=O)Nc1ccc(C(C)C(=O)CCc2ccc(C(F)(F)F)nc2N2CCC(C)CC2)cc1F. The van der Waals surface area contributed by atoms with Crippen molar-refractivity contribution < 1.29 is 30.8 Å². The molecule has 36 heavy (non-hydrogen) atoms. The van der Waals surface area contributed by atoms with E-state index in [-0.39, 0.29) is 35.9 Å². The minimum absolute atomic E-state index is 0.0390. The summed E-state index contributed by atoms with van der Waals surface area (Å²) in [4.78, 5) is 18.7. The lowest BCUT2D eigenvalue weighted by molar-refractivity contribution is -0.141. The number of piperidine rings is 1. The van der Waals surface area contributed by atoms with Crippen LogP contribution >= 0.6 is 0 Å². The highest BCUT2D eigenvalue weighted by molar-refractivity contribution is 7.92. The van der Waals surface area contributed by atoms with Crippen molar-refractivity contribution in [3.63, 3.8) is 0 Å². The van der Waals surface area contributed by atoms with Gasteiger partial charge in [0.15, 0.2) is 0 Å². The number of aromatic nitrogens is 1. The topological polar surface area (TPSA) is 79.4 Å². The number of benzene rings is 1. The van der Waals surface area contributed by atoms with Crippen LogP contribution in [-0.2, 0) is 27.4 Å². The minimum Gasteiger partial charge on any atom is -0.356 e. The van der Waals surface area contributed by atoms with E-state index < -0.39 is 33.6 Å². The molecule has 1 aliphatic heterocycles. The fourth-order valence-corrected chi connectivity index (χ4v) is 4.75. The van der Waals surface area contributed by atoms with Gasteiger partial charge in [-0.15, -0.1) is 0 Å². The van der Waals surface area contributed by atoms with Gasteiger partial charge in [0.2, 0.25) is 10.0 Å². The molecule has 0 bridgehead atoms. The first-order chi connectivity index (χ1) is 16.8. The molecule has 198 valence electrons. The standard InChI is InChI=1S/C25H31F4N3O3S/c1-4-36(34,35)31-21-8-5-19(15-20(21)26)17(3)22(33)9-6-18-7-10-23(25(27,28)29)30-24(18)32-13-11-16(2)12-14-32/h5,7-8,10,15-17,31H,4,6,9,11-14H2,1-3H3. The van der Waals surface area contributed by atoms with Crippen LogP contribution in [0.25, 0.3) is 0 Å². The van der Waals surface area contributed by atoms with Crippen molar-refractivity contribution in [2.75, 3.05) is 28.5 Å². The molecule has 0 saturated carbocycles. The summed E-state index contributed by atoms with van der Waals surface area (Å²) in [5, 5.41) is 0. The zero-order valence-electron chi connectivity index (χ0n) is 20.5. The predicted molar refractivity (Wildman–Crippen MR) is 131 cm³/mol. The van der Waals surface area contributed by atoms with Crippen molar-refractivity contribution in [1.82, 2.24) is 4.98 Å². The molecular weight excluding hydrogens is 498 g/mol. The van der Waals surface area contributed by atoms with Gasteiger partial charge in [-0.25, -0.2) is 17.8 Å². The number of anilines is 2. The summed E-state index contributed by atoms with van der Waals surface area (Å²) in [7, 11) is -3.65. The summed E-state index contributed by atoms with van der Waals surface area (Å²) in [6.07, 6.45) is -2.63. The Morgan fingerprint density at radius 1 is 1.19 bits per heavy atom. The van der Waals surface area contributed by atoms with Crippen LogP contribution < -0.4 is 9.62 Å². The molecule has 0 radical (unpaired) electrons. The maximum absolute atomic E-state index is 14.5. The number of hydrogen-bond acceptors (Lipinski definition) is 5. The second-order valence-electron chi connectivity index (χ2n) is 9.28. The summed E-state index contributed by atoms with van der Waals surface area (Å²) in [6, 6.07) is 6.20. The molecule has 2 heterocycles. The van der Waals surface area contributed by atoms with E-state index in [9.17, 15) is 30.8 Å². The summed E-state index contributed by atoms with van der Waals surface area (Å²) >= 11 is 0. The Bertz CT molecular complexity index is 1190. The van der Waals surface area contributed by atoms with E-state index in [0.29, 0.717) is 30.1 Å². The summed E-state index contributed by atoms with van der Waals surface area (Å²) in [5.41, 5.74) is -0.216. The number of nitrogens with one attached hydrogen (secondary N) is 1. The van der Waals surface area contributed by atoms with Crippen molar-refractivity contribution in [2.24, 2.45) is 5.92 Å². The fourth-order valence-electron chi connectivity index (χ4n) is 4.11. The maximum Gasteiger partial charge on any atom is 0.433 e. The number of rotatable bonds is 9. The van der Waals surface area contributed by atoms with Gasteiger partial charge >= 0.3 is 6.18 Å². The normalized spacial score (nSPS) is 16.1. The van der Waals surface area contributed by atoms with Gasteiger partial charge in [-0.05, 0) is 61.4 Å². The van der Waals surface area contributed by atoms with E-state index in [1.54, 1.807) is 6.92 Å². The highest BCUT2D eigenvalue weighted by Crippen LogP contribution is 2.33. The molecule has 1 aliphatic rings. The van der Waals surface area contributed by atoms with Crippen LogP contribution in [0, 0.1) is 11.7 Å².